The quantitative estimate of drug-likeness (QED) is 0.575. The van der Waals surface area contributed by atoms with Crippen LogP contribution in [0, 0.1) is 5.41 Å². The summed E-state index contributed by atoms with van der Waals surface area (Å²) >= 11 is 0. The minimum absolute atomic E-state index is 0.373. The van der Waals surface area contributed by atoms with Gasteiger partial charge in [0, 0.05) is 5.41 Å². The highest BCUT2D eigenvalue weighted by Gasteiger charge is 2.57. The van der Waals surface area contributed by atoms with E-state index in [4.69, 9.17) is 10.5 Å². The van der Waals surface area contributed by atoms with Crippen LogP contribution < -0.4 is 0 Å². The zero-order chi connectivity index (χ0) is 12.4. The topological polar surface area (TPSA) is 58.9 Å². The normalized spacial score (nSPS) is 22.1. The van der Waals surface area contributed by atoms with E-state index in [1.54, 1.807) is 0 Å². The van der Waals surface area contributed by atoms with Gasteiger partial charge in [-0.25, -0.2) is 9.78 Å². The van der Waals surface area contributed by atoms with Gasteiger partial charge in [0.1, 0.15) is 11.2 Å². The molecule has 0 unspecified atom stereocenters. The van der Waals surface area contributed by atoms with Crippen molar-refractivity contribution in [1.29, 1.82) is 0 Å². The van der Waals surface area contributed by atoms with Crippen LogP contribution in [0.5, 0.6) is 0 Å². The number of hydrogen-bond acceptors (Lipinski definition) is 4. The second-order valence-corrected chi connectivity index (χ2v) is 5.85. The van der Waals surface area contributed by atoms with Gasteiger partial charge in [-0.1, -0.05) is 19.3 Å². The van der Waals surface area contributed by atoms with Crippen LogP contribution in [0.15, 0.2) is 0 Å². The minimum Gasteiger partial charge on any atom is -0.251 e. The van der Waals surface area contributed by atoms with Crippen molar-refractivity contribution in [3.63, 3.8) is 0 Å². The summed E-state index contributed by atoms with van der Waals surface area (Å²) in [5.74, 6) is 0. The zero-order valence-corrected chi connectivity index (χ0v) is 10.7. The first-order chi connectivity index (χ1) is 7.33. The third-order valence-electron chi connectivity index (χ3n) is 4.47. The lowest BCUT2D eigenvalue weighted by Crippen LogP contribution is -2.59. The molecule has 0 aromatic heterocycles. The van der Waals surface area contributed by atoms with Crippen LogP contribution >= 0.6 is 0 Å². The molecule has 1 saturated carbocycles. The van der Waals surface area contributed by atoms with Crippen molar-refractivity contribution in [2.24, 2.45) is 5.41 Å². The van der Waals surface area contributed by atoms with Gasteiger partial charge in [-0.2, -0.15) is 0 Å². The predicted molar refractivity (Wildman–Crippen MR) is 61.1 cm³/mol. The van der Waals surface area contributed by atoms with E-state index in [9.17, 15) is 0 Å². The van der Waals surface area contributed by atoms with Crippen LogP contribution in [0.25, 0.3) is 0 Å². The van der Waals surface area contributed by atoms with E-state index in [1.165, 1.54) is 6.42 Å². The van der Waals surface area contributed by atoms with Gasteiger partial charge in [0.25, 0.3) is 0 Å². The van der Waals surface area contributed by atoms with Gasteiger partial charge in [0.15, 0.2) is 0 Å². The first-order valence-electron chi connectivity index (χ1n) is 5.98. The number of rotatable bonds is 4. The first-order valence-corrected chi connectivity index (χ1v) is 5.98. The molecule has 1 rings (SSSR count). The van der Waals surface area contributed by atoms with Crippen molar-refractivity contribution < 1.29 is 20.3 Å². The van der Waals surface area contributed by atoms with Gasteiger partial charge in [0.2, 0.25) is 0 Å². The molecule has 0 amide bonds. The van der Waals surface area contributed by atoms with E-state index in [-0.39, 0.29) is 5.41 Å². The minimum atomic E-state index is -0.736. The molecule has 0 aromatic rings. The molecule has 1 fully saturated rings. The Hall–Kier alpha value is -0.160. The lowest BCUT2D eigenvalue weighted by Gasteiger charge is -2.54. The van der Waals surface area contributed by atoms with Crippen LogP contribution in [0.4, 0.5) is 0 Å². The summed E-state index contributed by atoms with van der Waals surface area (Å²) in [5.41, 5.74) is -1.85. The molecule has 4 nitrogen and oxygen atoms in total. The average Bonchev–Trinajstić information content (AvgIpc) is 2.29. The predicted octanol–water partition coefficient (Wildman–Crippen LogP) is 3.47. The molecule has 4 heteroatoms. The van der Waals surface area contributed by atoms with Crippen LogP contribution in [0.3, 0.4) is 0 Å². The van der Waals surface area contributed by atoms with E-state index < -0.39 is 11.2 Å². The Kier molecular flexibility index (Phi) is 4.00. The van der Waals surface area contributed by atoms with Gasteiger partial charge >= 0.3 is 0 Å². The smallest absolute Gasteiger partial charge is 0.106 e. The van der Waals surface area contributed by atoms with Crippen molar-refractivity contribution in [2.75, 3.05) is 0 Å². The zero-order valence-electron chi connectivity index (χ0n) is 10.7. The van der Waals surface area contributed by atoms with Crippen LogP contribution in [0.2, 0.25) is 0 Å². The van der Waals surface area contributed by atoms with Crippen molar-refractivity contribution >= 4 is 0 Å². The van der Waals surface area contributed by atoms with Crippen LogP contribution in [-0.4, -0.2) is 21.7 Å². The maximum atomic E-state index is 9.13. The molecule has 0 atom stereocenters. The molecule has 16 heavy (non-hydrogen) atoms. The first kappa shape index (κ1) is 13.9. The molecule has 0 aliphatic heterocycles. The van der Waals surface area contributed by atoms with E-state index in [2.05, 4.69) is 9.78 Å². The third kappa shape index (κ3) is 1.99. The maximum Gasteiger partial charge on any atom is 0.106 e. The van der Waals surface area contributed by atoms with Gasteiger partial charge in [-0.15, -0.1) is 0 Å². The molecule has 0 bridgehead atoms. The molecular weight excluding hydrogens is 208 g/mol. The molecule has 2 N–H and O–H groups in total. The molecule has 0 aromatic carbocycles. The van der Waals surface area contributed by atoms with Crippen molar-refractivity contribution in [3.05, 3.63) is 0 Å². The summed E-state index contributed by atoms with van der Waals surface area (Å²) in [6.45, 7) is 7.39. The molecule has 0 radical (unpaired) electrons. The van der Waals surface area contributed by atoms with E-state index in [0.29, 0.717) is 0 Å². The van der Waals surface area contributed by atoms with E-state index in [0.717, 1.165) is 25.7 Å². The Labute approximate surface area is 97.4 Å². The van der Waals surface area contributed by atoms with Crippen molar-refractivity contribution in [3.8, 4) is 0 Å². The summed E-state index contributed by atoms with van der Waals surface area (Å²) in [6, 6.07) is 0. The summed E-state index contributed by atoms with van der Waals surface area (Å²) in [5, 5.41) is 18.3. The molecule has 0 saturated heterocycles. The van der Waals surface area contributed by atoms with E-state index >= 15 is 0 Å². The highest BCUT2D eigenvalue weighted by atomic mass is 17.1. The molecule has 0 heterocycles. The Morgan fingerprint density at radius 1 is 0.812 bits per heavy atom. The molecular formula is C12H24O4. The van der Waals surface area contributed by atoms with Gasteiger partial charge < -0.3 is 0 Å². The van der Waals surface area contributed by atoms with Crippen molar-refractivity contribution in [1.82, 2.24) is 0 Å². The lowest BCUT2D eigenvalue weighted by atomic mass is 9.56. The van der Waals surface area contributed by atoms with Crippen molar-refractivity contribution in [2.45, 2.75) is 71.0 Å². The monoisotopic (exact) mass is 232 g/mol. The Bertz CT molecular complexity index is 211. The van der Waals surface area contributed by atoms with Crippen LogP contribution in [0.1, 0.15) is 59.8 Å². The summed E-state index contributed by atoms with van der Waals surface area (Å²) in [4.78, 5) is 9.36. The lowest BCUT2D eigenvalue weighted by molar-refractivity contribution is -0.407. The fourth-order valence-corrected chi connectivity index (χ4v) is 3.26. The third-order valence-corrected chi connectivity index (χ3v) is 4.47. The maximum absolute atomic E-state index is 9.13. The van der Waals surface area contributed by atoms with Crippen LogP contribution in [-0.2, 0) is 9.78 Å². The second-order valence-electron chi connectivity index (χ2n) is 5.85. The Morgan fingerprint density at radius 3 is 1.50 bits per heavy atom. The summed E-state index contributed by atoms with van der Waals surface area (Å²) < 4.78 is 0. The highest BCUT2D eigenvalue weighted by molar-refractivity contribution is 5.05. The van der Waals surface area contributed by atoms with Gasteiger partial charge in [-0.3, -0.25) is 10.5 Å². The molecule has 0 spiro atoms. The fraction of sp³-hybridized carbons (Fsp3) is 1.00. The molecule has 1 aliphatic rings. The fourth-order valence-electron chi connectivity index (χ4n) is 3.26. The molecule has 96 valence electrons. The van der Waals surface area contributed by atoms with Gasteiger partial charge in [-0.05, 0) is 40.5 Å². The van der Waals surface area contributed by atoms with E-state index in [1.807, 2.05) is 27.7 Å². The molecule has 1 aliphatic carbocycles. The highest BCUT2D eigenvalue weighted by Crippen LogP contribution is 2.54. The second kappa shape index (κ2) is 4.61. The summed E-state index contributed by atoms with van der Waals surface area (Å²) in [7, 11) is 0. The van der Waals surface area contributed by atoms with Gasteiger partial charge in [0.05, 0.1) is 0 Å². The average molecular weight is 232 g/mol. The Balaban J connectivity index is 3.11. The number of hydrogen-bond donors (Lipinski definition) is 2. The standard InChI is InChI=1S/C12H24O4/c1-10(2,15-13)12(11(3,4)16-14)8-6-5-7-9-12/h13-14H,5-9H2,1-4H3. The Morgan fingerprint density at radius 2 is 1.19 bits per heavy atom. The summed E-state index contributed by atoms with van der Waals surface area (Å²) in [6.07, 6.45) is 5.09. The SMILES string of the molecule is CC(C)(OO)C1(C(C)(C)OO)CCCCC1. The largest absolute Gasteiger partial charge is 0.251 e.